The third kappa shape index (κ3) is 4.48. The van der Waals surface area contributed by atoms with Crippen LogP contribution in [0.25, 0.3) is 0 Å². The molecule has 0 aromatic heterocycles. The minimum Gasteiger partial charge on any atom is -0.497 e. The van der Waals surface area contributed by atoms with E-state index in [2.05, 4.69) is 32.2 Å². The molecule has 22 heavy (non-hydrogen) atoms. The summed E-state index contributed by atoms with van der Waals surface area (Å²) < 4.78 is 5.20. The number of allylic oxidation sites excluding steroid dienone is 4. The van der Waals surface area contributed by atoms with Crippen LogP contribution in [-0.4, -0.2) is 18.4 Å². The standard InChI is InChI=1S/C19H25NO2/c1-19(2,3)20-17(16-7-5-6-8-18(16)21)13-14-9-11-15(22-4)12-10-14/h5,7,9-12,20H,6,8,13H2,1-4H3/b17-16-. The van der Waals surface area contributed by atoms with Crippen molar-refractivity contribution in [1.82, 2.24) is 5.32 Å². The Balaban J connectivity index is 2.31. The molecule has 2 rings (SSSR count). The molecule has 3 nitrogen and oxygen atoms in total. The van der Waals surface area contributed by atoms with Gasteiger partial charge < -0.3 is 10.1 Å². The molecule has 1 aliphatic carbocycles. The van der Waals surface area contributed by atoms with Crippen LogP contribution in [0.1, 0.15) is 39.2 Å². The first-order chi connectivity index (χ1) is 10.4. The molecule has 0 saturated heterocycles. The van der Waals surface area contributed by atoms with Crippen molar-refractivity contribution in [3.63, 3.8) is 0 Å². The predicted octanol–water partition coefficient (Wildman–Crippen LogP) is 3.80. The third-order valence-electron chi connectivity index (χ3n) is 3.51. The van der Waals surface area contributed by atoms with Crippen molar-refractivity contribution < 1.29 is 9.53 Å². The lowest BCUT2D eigenvalue weighted by Crippen LogP contribution is -2.37. The predicted molar refractivity (Wildman–Crippen MR) is 90.0 cm³/mol. The number of rotatable bonds is 4. The van der Waals surface area contributed by atoms with Gasteiger partial charge in [-0.2, -0.15) is 0 Å². The smallest absolute Gasteiger partial charge is 0.164 e. The summed E-state index contributed by atoms with van der Waals surface area (Å²) in [5, 5.41) is 3.51. The van der Waals surface area contributed by atoms with Crippen LogP contribution in [-0.2, 0) is 11.2 Å². The number of carbonyl (C=O) groups is 1. The molecule has 3 heteroatoms. The van der Waals surface area contributed by atoms with Crippen LogP contribution in [0.4, 0.5) is 0 Å². The van der Waals surface area contributed by atoms with Crippen molar-refractivity contribution in [3.8, 4) is 5.75 Å². The molecular formula is C19H25NO2. The highest BCUT2D eigenvalue weighted by Gasteiger charge is 2.19. The normalized spacial score (nSPS) is 17.4. The van der Waals surface area contributed by atoms with Crippen LogP contribution in [0, 0.1) is 0 Å². The fourth-order valence-electron chi connectivity index (χ4n) is 2.52. The first-order valence-corrected chi connectivity index (χ1v) is 7.73. The molecule has 0 amide bonds. The van der Waals surface area contributed by atoms with E-state index in [0.29, 0.717) is 12.8 Å². The number of carbonyl (C=O) groups excluding carboxylic acids is 1. The quantitative estimate of drug-likeness (QED) is 0.859. The van der Waals surface area contributed by atoms with Crippen molar-refractivity contribution in [2.24, 2.45) is 0 Å². The van der Waals surface area contributed by atoms with Gasteiger partial charge >= 0.3 is 0 Å². The van der Waals surface area contributed by atoms with Crippen molar-refractivity contribution in [3.05, 3.63) is 53.3 Å². The summed E-state index contributed by atoms with van der Waals surface area (Å²) in [5.74, 6) is 1.07. The molecule has 0 bridgehead atoms. The molecule has 0 fully saturated rings. The second-order valence-corrected chi connectivity index (χ2v) is 6.66. The summed E-state index contributed by atoms with van der Waals surface area (Å²) >= 11 is 0. The fraction of sp³-hybridized carbons (Fsp3) is 0.421. The summed E-state index contributed by atoms with van der Waals surface area (Å²) in [6.07, 6.45) is 6.20. The van der Waals surface area contributed by atoms with Crippen LogP contribution in [0.15, 0.2) is 47.7 Å². The molecular weight excluding hydrogens is 274 g/mol. The molecule has 0 unspecified atom stereocenters. The first-order valence-electron chi connectivity index (χ1n) is 7.73. The summed E-state index contributed by atoms with van der Waals surface area (Å²) in [5.41, 5.74) is 2.89. The van der Waals surface area contributed by atoms with Gasteiger partial charge in [0.05, 0.1) is 7.11 Å². The van der Waals surface area contributed by atoms with Gasteiger partial charge in [0.25, 0.3) is 0 Å². The monoisotopic (exact) mass is 299 g/mol. The number of hydrogen-bond acceptors (Lipinski definition) is 3. The Morgan fingerprint density at radius 2 is 1.91 bits per heavy atom. The molecule has 0 heterocycles. The third-order valence-corrected chi connectivity index (χ3v) is 3.51. The van der Waals surface area contributed by atoms with Crippen LogP contribution >= 0.6 is 0 Å². The summed E-state index contributed by atoms with van der Waals surface area (Å²) in [7, 11) is 1.66. The summed E-state index contributed by atoms with van der Waals surface area (Å²) in [6.45, 7) is 6.33. The highest BCUT2D eigenvalue weighted by molar-refractivity contribution is 5.99. The number of hydrogen-bond donors (Lipinski definition) is 1. The van der Waals surface area contributed by atoms with Crippen molar-refractivity contribution in [1.29, 1.82) is 0 Å². The van der Waals surface area contributed by atoms with Crippen molar-refractivity contribution in [2.75, 3.05) is 7.11 Å². The molecule has 0 saturated carbocycles. The number of Topliss-reactive ketones (excluding diaryl/α,β-unsaturated/α-hetero) is 1. The SMILES string of the molecule is COc1ccc(C/C(NC(C)(C)C)=C2\C=CCCC2=O)cc1. The zero-order chi connectivity index (χ0) is 16.2. The second kappa shape index (κ2) is 6.82. The van der Waals surface area contributed by atoms with Crippen molar-refractivity contribution >= 4 is 5.78 Å². The Hall–Kier alpha value is -2.03. The number of methoxy groups -OCH3 is 1. The van der Waals surface area contributed by atoms with Gasteiger partial charge in [-0.05, 0) is 44.9 Å². The van der Waals surface area contributed by atoms with E-state index in [-0.39, 0.29) is 11.3 Å². The van der Waals surface area contributed by atoms with Crippen molar-refractivity contribution in [2.45, 2.75) is 45.6 Å². The van der Waals surface area contributed by atoms with Crippen LogP contribution in [0.3, 0.4) is 0 Å². The van der Waals surface area contributed by atoms with Gasteiger partial charge in [0.2, 0.25) is 0 Å². The van der Waals surface area contributed by atoms with Gasteiger partial charge in [0, 0.05) is 29.7 Å². The molecule has 1 aromatic rings. The lowest BCUT2D eigenvalue weighted by Gasteiger charge is -2.27. The van der Waals surface area contributed by atoms with Gasteiger partial charge in [-0.15, -0.1) is 0 Å². The number of ether oxygens (including phenoxy) is 1. The largest absolute Gasteiger partial charge is 0.497 e. The number of benzene rings is 1. The zero-order valence-corrected chi connectivity index (χ0v) is 13.9. The Morgan fingerprint density at radius 3 is 2.45 bits per heavy atom. The molecule has 1 N–H and O–H groups in total. The summed E-state index contributed by atoms with van der Waals surface area (Å²) in [4.78, 5) is 12.2. The Bertz CT molecular complexity index is 589. The number of nitrogens with one attached hydrogen (secondary N) is 1. The van der Waals surface area contributed by atoms with E-state index < -0.39 is 0 Å². The number of ketones is 1. The molecule has 0 spiro atoms. The maximum absolute atomic E-state index is 12.2. The zero-order valence-electron chi connectivity index (χ0n) is 13.9. The van der Waals surface area contributed by atoms with Crippen LogP contribution < -0.4 is 10.1 Å². The average Bonchev–Trinajstić information content (AvgIpc) is 2.46. The van der Waals surface area contributed by atoms with E-state index in [1.807, 2.05) is 30.3 Å². The van der Waals surface area contributed by atoms with E-state index in [1.54, 1.807) is 7.11 Å². The topological polar surface area (TPSA) is 38.3 Å². The summed E-state index contributed by atoms with van der Waals surface area (Å²) in [6, 6.07) is 7.99. The van der Waals surface area contributed by atoms with Crippen LogP contribution in [0.5, 0.6) is 5.75 Å². The highest BCUT2D eigenvalue weighted by Crippen LogP contribution is 2.21. The molecule has 1 aliphatic rings. The van der Waals surface area contributed by atoms with Gasteiger partial charge in [-0.25, -0.2) is 0 Å². The lowest BCUT2D eigenvalue weighted by atomic mass is 9.94. The molecule has 0 aliphatic heterocycles. The van der Waals surface area contributed by atoms with E-state index >= 15 is 0 Å². The molecule has 1 aromatic carbocycles. The second-order valence-electron chi connectivity index (χ2n) is 6.66. The van der Waals surface area contributed by atoms with E-state index in [4.69, 9.17) is 4.74 Å². The Labute approximate surface area is 133 Å². The Kier molecular flexibility index (Phi) is 5.07. The maximum Gasteiger partial charge on any atom is 0.164 e. The fourth-order valence-corrected chi connectivity index (χ4v) is 2.52. The molecule has 0 radical (unpaired) electrons. The maximum atomic E-state index is 12.2. The van der Waals surface area contributed by atoms with Crippen LogP contribution in [0.2, 0.25) is 0 Å². The lowest BCUT2D eigenvalue weighted by molar-refractivity contribution is -0.115. The van der Waals surface area contributed by atoms with Gasteiger partial charge in [0.15, 0.2) is 5.78 Å². The molecule has 0 atom stereocenters. The molecule has 118 valence electrons. The highest BCUT2D eigenvalue weighted by atomic mass is 16.5. The van der Waals surface area contributed by atoms with Gasteiger partial charge in [-0.1, -0.05) is 24.3 Å². The average molecular weight is 299 g/mol. The van der Waals surface area contributed by atoms with E-state index in [9.17, 15) is 4.79 Å². The van der Waals surface area contributed by atoms with E-state index in [1.165, 1.54) is 0 Å². The minimum absolute atomic E-state index is 0.0830. The minimum atomic E-state index is -0.0830. The Morgan fingerprint density at radius 1 is 1.23 bits per heavy atom. The van der Waals surface area contributed by atoms with Gasteiger partial charge in [-0.3, -0.25) is 4.79 Å². The van der Waals surface area contributed by atoms with Gasteiger partial charge in [0.1, 0.15) is 5.75 Å². The van der Waals surface area contributed by atoms with E-state index in [0.717, 1.165) is 29.0 Å². The first kappa shape index (κ1) is 16.3.